The average molecular weight is 915 g/mol. The maximum atomic E-state index is 4.65. The number of nitrogens with zero attached hydrogens (tertiary/aromatic N) is 3. The third-order valence-electron chi connectivity index (χ3n) is 17.8. The lowest BCUT2D eigenvalue weighted by molar-refractivity contribution is 0.617. The number of benzene rings is 7. The average Bonchev–Trinajstić information content (AvgIpc) is 4.21. The number of allylic oxidation sites excluding steroid dienone is 1. The molecular weight excluding hydrogens is 861 g/mol. The van der Waals surface area contributed by atoms with Gasteiger partial charge < -0.3 is 9.55 Å². The molecule has 0 amide bonds. The molecule has 4 heterocycles. The monoisotopic (exact) mass is 914 g/mol. The van der Waals surface area contributed by atoms with Crippen LogP contribution in [0.15, 0.2) is 170 Å². The van der Waals surface area contributed by atoms with Crippen molar-refractivity contribution in [3.63, 3.8) is 0 Å². The molecule has 0 spiro atoms. The van der Waals surface area contributed by atoms with E-state index in [2.05, 4.69) is 225 Å². The molecule has 4 aliphatic carbocycles. The molecule has 4 nitrogen and oxygen atoms in total. The SMILES string of the molecule is CC1c2cc3c4c(n(-c5ccc[nH]5)c3cc2-c2cc3c(cc2C1C)c1cc(-c2ccc5c(c2)-c2ccccc2C5(C)C)ccc1n3-c1cccnc1)CCC(c1ccc2c(c1)-c1ccccc1C2(C)C)=C4. The molecule has 0 radical (unpaired) electrons. The summed E-state index contributed by atoms with van der Waals surface area (Å²) >= 11 is 0. The molecule has 7 aromatic carbocycles. The van der Waals surface area contributed by atoms with Crippen molar-refractivity contribution in [2.75, 3.05) is 0 Å². The lowest BCUT2D eigenvalue weighted by Gasteiger charge is -2.32. The van der Waals surface area contributed by atoms with Crippen molar-refractivity contribution in [3.05, 3.63) is 220 Å². The summed E-state index contributed by atoms with van der Waals surface area (Å²) in [4.78, 5) is 8.27. The van der Waals surface area contributed by atoms with Crippen LogP contribution in [0.3, 0.4) is 0 Å². The Bertz CT molecular complexity index is 4130. The molecule has 4 aromatic heterocycles. The van der Waals surface area contributed by atoms with Gasteiger partial charge in [0.15, 0.2) is 0 Å². The second-order valence-electron chi connectivity index (χ2n) is 22.1. The summed E-state index contributed by atoms with van der Waals surface area (Å²) in [6, 6.07) is 58.2. The van der Waals surface area contributed by atoms with E-state index in [1.165, 1.54) is 133 Å². The summed E-state index contributed by atoms with van der Waals surface area (Å²) in [7, 11) is 0. The van der Waals surface area contributed by atoms with E-state index in [1.54, 1.807) is 0 Å². The topological polar surface area (TPSA) is 38.5 Å². The van der Waals surface area contributed by atoms with Gasteiger partial charge in [0.05, 0.1) is 28.4 Å². The number of fused-ring (bicyclic) bond motifs is 15. The van der Waals surface area contributed by atoms with Crippen molar-refractivity contribution in [2.45, 2.75) is 77.0 Å². The van der Waals surface area contributed by atoms with Gasteiger partial charge >= 0.3 is 0 Å². The largest absolute Gasteiger partial charge is 0.348 e. The van der Waals surface area contributed by atoms with Crippen LogP contribution in [0, 0.1) is 0 Å². The van der Waals surface area contributed by atoms with E-state index < -0.39 is 0 Å². The van der Waals surface area contributed by atoms with Crippen LogP contribution in [0.25, 0.3) is 100 Å². The van der Waals surface area contributed by atoms with Crippen LogP contribution < -0.4 is 0 Å². The minimum Gasteiger partial charge on any atom is -0.348 e. The van der Waals surface area contributed by atoms with E-state index in [0.29, 0.717) is 11.8 Å². The van der Waals surface area contributed by atoms with Crippen LogP contribution in [-0.4, -0.2) is 19.1 Å². The first-order valence-electron chi connectivity index (χ1n) is 25.6. The van der Waals surface area contributed by atoms with E-state index in [4.69, 9.17) is 0 Å². The fourth-order valence-corrected chi connectivity index (χ4v) is 13.9. The van der Waals surface area contributed by atoms with Crippen molar-refractivity contribution in [3.8, 4) is 56.0 Å². The lowest BCUT2D eigenvalue weighted by atomic mass is 9.72. The summed E-state index contributed by atoms with van der Waals surface area (Å²) in [6.45, 7) is 14.3. The maximum absolute atomic E-state index is 4.65. The summed E-state index contributed by atoms with van der Waals surface area (Å²) in [6.07, 6.45) is 10.4. The number of nitrogens with one attached hydrogen (secondary N) is 1. The van der Waals surface area contributed by atoms with Crippen LogP contribution in [0.4, 0.5) is 0 Å². The van der Waals surface area contributed by atoms with Gasteiger partial charge in [-0.25, -0.2) is 0 Å². The molecule has 4 aliphatic rings. The van der Waals surface area contributed by atoms with Gasteiger partial charge in [-0.05, 0) is 193 Å². The van der Waals surface area contributed by atoms with Crippen molar-refractivity contribution in [1.29, 1.82) is 0 Å². The van der Waals surface area contributed by atoms with E-state index in [1.807, 2.05) is 12.4 Å². The molecule has 0 aliphatic heterocycles. The van der Waals surface area contributed by atoms with E-state index in [9.17, 15) is 0 Å². The smallest absolute Gasteiger partial charge is 0.114 e. The number of pyridine rings is 1. The summed E-state index contributed by atoms with van der Waals surface area (Å²) in [5.74, 6) is 1.74. The highest BCUT2D eigenvalue weighted by atomic mass is 15.1. The molecule has 15 rings (SSSR count). The number of aromatic nitrogens is 4. The standard InChI is InChI=1S/C67H54N4/c1-38-39(2)48-34-56-54-32-43(41-20-24-60-52(30-41)46-15-8-10-17-58(46)67(60,5)6)22-26-62(54)71(65-18-12-28-69-65)64(56)36-50(48)49-35-63-55(33-47(38)49)53-31-42(21-25-61(53)70(63)44-13-11-27-68-37-44)40-19-23-59-51(29-40)45-14-7-9-16-57(45)66(59,3)4/h7-21,23-25,27-39,69H,22,26H2,1-6H3. The van der Waals surface area contributed by atoms with Gasteiger partial charge in [-0.2, -0.15) is 0 Å². The first-order chi connectivity index (χ1) is 34.5. The van der Waals surface area contributed by atoms with Crippen molar-refractivity contribution < 1.29 is 0 Å². The quantitative estimate of drug-likeness (QED) is 0.188. The van der Waals surface area contributed by atoms with Crippen LogP contribution in [0.1, 0.15) is 110 Å². The Hall–Kier alpha value is -7.95. The van der Waals surface area contributed by atoms with Gasteiger partial charge in [0, 0.05) is 50.6 Å². The molecule has 71 heavy (non-hydrogen) atoms. The predicted octanol–water partition coefficient (Wildman–Crippen LogP) is 17.1. The molecule has 2 atom stereocenters. The third-order valence-corrected chi connectivity index (χ3v) is 17.8. The Morgan fingerprint density at radius 2 is 1.08 bits per heavy atom. The predicted molar refractivity (Wildman–Crippen MR) is 295 cm³/mol. The zero-order valence-corrected chi connectivity index (χ0v) is 41.2. The molecule has 0 saturated carbocycles. The molecule has 4 heteroatoms. The third kappa shape index (κ3) is 5.54. The number of H-pyrrole nitrogens is 1. The zero-order valence-electron chi connectivity index (χ0n) is 41.2. The first-order valence-corrected chi connectivity index (χ1v) is 25.6. The van der Waals surface area contributed by atoms with E-state index >= 15 is 0 Å². The molecule has 0 saturated heterocycles. The van der Waals surface area contributed by atoms with Crippen molar-refractivity contribution >= 4 is 44.4 Å². The minimum atomic E-state index is -0.0251. The fourth-order valence-electron chi connectivity index (χ4n) is 13.9. The van der Waals surface area contributed by atoms with Crippen LogP contribution in [-0.2, 0) is 17.3 Å². The lowest BCUT2D eigenvalue weighted by Crippen LogP contribution is -2.14. The molecular formula is C67H54N4. The van der Waals surface area contributed by atoms with Gasteiger partial charge in [-0.15, -0.1) is 0 Å². The maximum Gasteiger partial charge on any atom is 0.114 e. The zero-order chi connectivity index (χ0) is 47.7. The molecule has 342 valence electrons. The Labute approximate surface area is 415 Å². The Morgan fingerprint density at radius 3 is 1.75 bits per heavy atom. The summed E-state index contributed by atoms with van der Waals surface area (Å²) < 4.78 is 4.96. The van der Waals surface area contributed by atoms with Gasteiger partial charge in [0.2, 0.25) is 0 Å². The molecule has 2 unspecified atom stereocenters. The molecule has 0 fully saturated rings. The number of hydrogen-bond acceptors (Lipinski definition) is 1. The van der Waals surface area contributed by atoms with Gasteiger partial charge in [-0.3, -0.25) is 9.55 Å². The number of rotatable bonds is 4. The number of aromatic amines is 1. The second-order valence-corrected chi connectivity index (χ2v) is 22.1. The van der Waals surface area contributed by atoms with Gasteiger partial charge in [0.25, 0.3) is 0 Å². The van der Waals surface area contributed by atoms with Gasteiger partial charge in [0.1, 0.15) is 5.82 Å². The van der Waals surface area contributed by atoms with Crippen molar-refractivity contribution in [2.24, 2.45) is 0 Å². The highest BCUT2D eigenvalue weighted by Crippen LogP contribution is 2.54. The number of hydrogen-bond donors (Lipinski definition) is 1. The Kier molecular flexibility index (Phi) is 8.25. The van der Waals surface area contributed by atoms with Crippen LogP contribution in [0.5, 0.6) is 0 Å². The molecule has 11 aromatic rings. The first kappa shape index (κ1) is 40.9. The normalized spacial score (nSPS) is 17.6. The molecule has 1 N–H and O–H groups in total. The minimum absolute atomic E-state index is 0.00683. The van der Waals surface area contributed by atoms with Crippen LogP contribution >= 0.6 is 0 Å². The Balaban J connectivity index is 0.915. The summed E-state index contributed by atoms with van der Waals surface area (Å²) in [5, 5.41) is 3.87. The molecule has 0 bridgehead atoms. The van der Waals surface area contributed by atoms with E-state index in [-0.39, 0.29) is 10.8 Å². The van der Waals surface area contributed by atoms with Gasteiger partial charge in [-0.1, -0.05) is 120 Å². The Morgan fingerprint density at radius 1 is 0.493 bits per heavy atom. The second kappa shape index (κ2) is 14.3. The van der Waals surface area contributed by atoms with Crippen molar-refractivity contribution in [1.82, 2.24) is 19.1 Å². The fraction of sp³-hybridized carbons (Fsp3) is 0.179. The highest BCUT2D eigenvalue weighted by Gasteiger charge is 2.38. The van der Waals surface area contributed by atoms with Crippen LogP contribution in [0.2, 0.25) is 0 Å². The summed E-state index contributed by atoms with van der Waals surface area (Å²) in [5.41, 5.74) is 29.2. The van der Waals surface area contributed by atoms with E-state index in [0.717, 1.165) is 24.3 Å². The highest BCUT2D eigenvalue weighted by molar-refractivity contribution is 6.13.